The van der Waals surface area contributed by atoms with E-state index >= 15 is 0 Å². The molecular formula is C26H30ClN5O4. The summed E-state index contributed by atoms with van der Waals surface area (Å²) in [6.07, 6.45) is 2.36. The number of halogens is 1. The molecule has 0 bridgehead atoms. The number of nitrogens with one attached hydrogen (secondary N) is 1. The number of likely N-dealkylation sites (N-methyl/N-ethyl adjacent to an activating group) is 1. The molecular weight excluding hydrogens is 482 g/mol. The summed E-state index contributed by atoms with van der Waals surface area (Å²) in [6, 6.07) is 6.16. The zero-order valence-electron chi connectivity index (χ0n) is 20.9. The maximum Gasteiger partial charge on any atom is 0.410 e. The van der Waals surface area contributed by atoms with E-state index in [0.717, 1.165) is 0 Å². The average molecular weight is 512 g/mol. The SMILES string of the molecule is C=C[C@@H](C(=O)Nc1cccc(C#Cc2cnc(Cl)nc2N2CCOCC2)c1)N(C)C(=O)OC(C)(C)C. The van der Waals surface area contributed by atoms with Gasteiger partial charge in [0.05, 0.1) is 18.8 Å². The third kappa shape index (κ3) is 7.44. The minimum Gasteiger partial charge on any atom is -0.444 e. The number of hydrogen-bond acceptors (Lipinski definition) is 7. The predicted octanol–water partition coefficient (Wildman–Crippen LogP) is 3.73. The highest BCUT2D eigenvalue weighted by molar-refractivity contribution is 6.28. The molecule has 3 rings (SSSR count). The van der Waals surface area contributed by atoms with E-state index in [-0.39, 0.29) is 5.28 Å². The molecule has 1 aromatic carbocycles. The average Bonchev–Trinajstić information content (AvgIpc) is 2.83. The molecule has 0 radical (unpaired) electrons. The largest absolute Gasteiger partial charge is 0.444 e. The standard InChI is InChI=1S/C26H30ClN5O4/c1-6-21(31(5)25(34)36-26(2,3)4)23(33)29-20-9-7-8-18(16-20)10-11-19-17-28-24(27)30-22(19)32-12-14-35-15-13-32/h6-9,16-17,21H,1,12-15H2,2-5H3,(H,29,33)/t21-/m0/s1. The van der Waals surface area contributed by atoms with Crippen LogP contribution < -0.4 is 10.2 Å². The Morgan fingerprint density at radius 1 is 1.31 bits per heavy atom. The van der Waals surface area contributed by atoms with Crippen LogP contribution in [0.15, 0.2) is 43.1 Å². The zero-order chi connectivity index (χ0) is 26.3. The summed E-state index contributed by atoms with van der Waals surface area (Å²) >= 11 is 6.03. The van der Waals surface area contributed by atoms with Gasteiger partial charge in [-0.3, -0.25) is 9.69 Å². The fourth-order valence-corrected chi connectivity index (χ4v) is 3.50. The number of hydrogen-bond donors (Lipinski definition) is 1. The summed E-state index contributed by atoms with van der Waals surface area (Å²) < 4.78 is 10.8. The number of aromatic nitrogens is 2. The van der Waals surface area contributed by atoms with Crippen molar-refractivity contribution in [2.45, 2.75) is 32.4 Å². The molecule has 1 aromatic heterocycles. The van der Waals surface area contributed by atoms with Crippen LogP contribution in [-0.4, -0.2) is 71.9 Å². The topological polar surface area (TPSA) is 96.9 Å². The Morgan fingerprint density at radius 3 is 2.69 bits per heavy atom. The zero-order valence-corrected chi connectivity index (χ0v) is 21.6. The van der Waals surface area contributed by atoms with Crippen molar-refractivity contribution in [1.29, 1.82) is 0 Å². The highest BCUT2D eigenvalue weighted by Gasteiger charge is 2.28. The lowest BCUT2D eigenvalue weighted by molar-refractivity contribution is -0.119. The minimum atomic E-state index is -0.920. The quantitative estimate of drug-likeness (QED) is 0.371. The third-order valence-corrected chi connectivity index (χ3v) is 5.29. The molecule has 0 unspecified atom stereocenters. The Labute approximate surface area is 216 Å². The maximum atomic E-state index is 12.9. The molecule has 1 aliphatic heterocycles. The van der Waals surface area contributed by atoms with Crippen molar-refractivity contribution in [2.24, 2.45) is 0 Å². The van der Waals surface area contributed by atoms with Crippen LogP contribution in [0.2, 0.25) is 5.28 Å². The van der Waals surface area contributed by atoms with Gasteiger partial charge in [0.1, 0.15) is 17.5 Å². The lowest BCUT2D eigenvalue weighted by Gasteiger charge is -2.28. The van der Waals surface area contributed by atoms with Crippen LogP contribution in [0.25, 0.3) is 0 Å². The first-order valence-corrected chi connectivity index (χ1v) is 11.8. The number of benzene rings is 1. The van der Waals surface area contributed by atoms with Gasteiger partial charge in [0.2, 0.25) is 5.28 Å². The van der Waals surface area contributed by atoms with E-state index in [0.29, 0.717) is 48.9 Å². The summed E-state index contributed by atoms with van der Waals surface area (Å²) in [4.78, 5) is 37.0. The van der Waals surface area contributed by atoms with Crippen LogP contribution in [-0.2, 0) is 14.3 Å². The Hall–Kier alpha value is -3.61. The molecule has 2 heterocycles. The number of carbonyl (C=O) groups excluding carboxylic acids is 2. The van der Waals surface area contributed by atoms with Crippen LogP contribution in [0.3, 0.4) is 0 Å². The highest BCUT2D eigenvalue weighted by Crippen LogP contribution is 2.20. The van der Waals surface area contributed by atoms with Crippen molar-refractivity contribution in [3.8, 4) is 11.8 Å². The van der Waals surface area contributed by atoms with Crippen LogP contribution >= 0.6 is 11.6 Å². The number of carbonyl (C=O) groups is 2. The molecule has 10 heteroatoms. The maximum absolute atomic E-state index is 12.9. The van der Waals surface area contributed by atoms with Crippen molar-refractivity contribution < 1.29 is 19.1 Å². The van der Waals surface area contributed by atoms with Gasteiger partial charge in [0, 0.05) is 37.6 Å². The van der Waals surface area contributed by atoms with Gasteiger partial charge in [-0.05, 0) is 50.6 Å². The molecule has 0 aliphatic carbocycles. The molecule has 2 amide bonds. The normalized spacial score (nSPS) is 14.2. The Morgan fingerprint density at radius 2 is 2.03 bits per heavy atom. The summed E-state index contributed by atoms with van der Waals surface area (Å²) in [5, 5.41) is 2.96. The fraction of sp³-hybridized carbons (Fsp3) is 0.385. The first kappa shape index (κ1) is 27.0. The first-order chi connectivity index (χ1) is 17.1. The number of amides is 2. The minimum absolute atomic E-state index is 0.153. The highest BCUT2D eigenvalue weighted by atomic mass is 35.5. The monoisotopic (exact) mass is 511 g/mol. The van der Waals surface area contributed by atoms with Gasteiger partial charge in [-0.2, -0.15) is 4.98 Å². The number of anilines is 2. The van der Waals surface area contributed by atoms with Gasteiger partial charge in [-0.1, -0.05) is 24.0 Å². The molecule has 1 N–H and O–H groups in total. The smallest absolute Gasteiger partial charge is 0.410 e. The van der Waals surface area contributed by atoms with E-state index in [1.54, 1.807) is 45.2 Å². The summed E-state index contributed by atoms with van der Waals surface area (Å²) in [5.41, 5.74) is 1.15. The second-order valence-corrected chi connectivity index (χ2v) is 9.41. The number of rotatable bonds is 5. The molecule has 9 nitrogen and oxygen atoms in total. The summed E-state index contributed by atoms with van der Waals surface area (Å²) in [7, 11) is 1.49. The molecule has 0 spiro atoms. The van der Waals surface area contributed by atoms with Gasteiger partial charge < -0.3 is 19.7 Å². The molecule has 1 aliphatic rings. The number of nitrogens with zero attached hydrogens (tertiary/aromatic N) is 4. The Balaban J connectivity index is 1.75. The molecule has 190 valence electrons. The van der Waals surface area contributed by atoms with E-state index in [1.165, 1.54) is 18.0 Å². The van der Waals surface area contributed by atoms with E-state index in [9.17, 15) is 9.59 Å². The van der Waals surface area contributed by atoms with E-state index in [1.807, 2.05) is 6.07 Å². The number of ether oxygens (including phenoxy) is 2. The third-order valence-electron chi connectivity index (χ3n) is 5.11. The van der Waals surface area contributed by atoms with Crippen molar-refractivity contribution >= 4 is 35.1 Å². The van der Waals surface area contributed by atoms with Crippen LogP contribution in [0.4, 0.5) is 16.3 Å². The first-order valence-electron chi connectivity index (χ1n) is 11.4. The van der Waals surface area contributed by atoms with Crippen molar-refractivity contribution in [2.75, 3.05) is 43.6 Å². The molecule has 1 atom stereocenters. The lowest BCUT2D eigenvalue weighted by atomic mass is 10.1. The Kier molecular flexibility index (Phi) is 8.91. The molecule has 2 aromatic rings. The van der Waals surface area contributed by atoms with Crippen molar-refractivity contribution in [3.63, 3.8) is 0 Å². The molecule has 1 fully saturated rings. The van der Waals surface area contributed by atoms with E-state index in [4.69, 9.17) is 21.1 Å². The molecule has 0 saturated carbocycles. The molecule has 1 saturated heterocycles. The summed E-state index contributed by atoms with van der Waals surface area (Å²) in [5.74, 6) is 6.44. The van der Waals surface area contributed by atoms with Crippen molar-refractivity contribution in [1.82, 2.24) is 14.9 Å². The van der Waals surface area contributed by atoms with Crippen LogP contribution in [0.1, 0.15) is 31.9 Å². The molecule has 36 heavy (non-hydrogen) atoms. The van der Waals surface area contributed by atoms with E-state index < -0.39 is 23.6 Å². The van der Waals surface area contributed by atoms with Crippen LogP contribution in [0, 0.1) is 11.8 Å². The summed E-state index contributed by atoms with van der Waals surface area (Å²) in [6.45, 7) is 11.5. The number of morpholine rings is 1. The lowest BCUT2D eigenvalue weighted by Crippen LogP contribution is -2.45. The Bertz CT molecular complexity index is 1180. The van der Waals surface area contributed by atoms with Gasteiger partial charge in [-0.15, -0.1) is 6.58 Å². The van der Waals surface area contributed by atoms with Crippen molar-refractivity contribution in [3.05, 3.63) is 59.5 Å². The van der Waals surface area contributed by atoms with Crippen LogP contribution in [0.5, 0.6) is 0 Å². The van der Waals surface area contributed by atoms with E-state index in [2.05, 4.69) is 38.6 Å². The van der Waals surface area contributed by atoms with Gasteiger partial charge >= 0.3 is 6.09 Å². The van der Waals surface area contributed by atoms with Gasteiger partial charge in [-0.25, -0.2) is 9.78 Å². The second-order valence-electron chi connectivity index (χ2n) is 9.07. The van der Waals surface area contributed by atoms with Gasteiger partial charge in [0.25, 0.3) is 5.91 Å². The van der Waals surface area contributed by atoms with Gasteiger partial charge in [0.15, 0.2) is 0 Å². The second kappa shape index (κ2) is 11.9. The predicted molar refractivity (Wildman–Crippen MR) is 139 cm³/mol. The fourth-order valence-electron chi connectivity index (χ4n) is 3.38.